The van der Waals surface area contributed by atoms with E-state index in [2.05, 4.69) is 5.32 Å². The van der Waals surface area contributed by atoms with Gasteiger partial charge in [0.2, 0.25) is 11.4 Å². The Kier molecular flexibility index (Phi) is 7.29. The molecule has 0 aliphatic carbocycles. The maximum Gasteiger partial charge on any atom is 0.341 e. The highest BCUT2D eigenvalue weighted by atomic mass is 32.2. The molecule has 0 radical (unpaired) electrons. The first-order valence-corrected chi connectivity index (χ1v) is 12.8. The molecule has 2 aliphatic rings. The number of carbonyl (C=O) groups excluding carboxylic acids is 3. The molecule has 3 rings (SSSR count). The van der Waals surface area contributed by atoms with Crippen molar-refractivity contribution in [3.63, 3.8) is 0 Å². The van der Waals surface area contributed by atoms with E-state index >= 15 is 0 Å². The van der Waals surface area contributed by atoms with Crippen LogP contribution in [-0.2, 0) is 35.2 Å². The number of β-lactam (4-membered cyclic amide) rings is 1. The Morgan fingerprint density at radius 2 is 1.97 bits per heavy atom. The van der Waals surface area contributed by atoms with Crippen LogP contribution in [0.5, 0.6) is 5.75 Å². The Balaban J connectivity index is 1.96. The Labute approximate surface area is 216 Å². The maximum absolute atomic E-state index is 13.6. The van der Waals surface area contributed by atoms with Gasteiger partial charge in [0.05, 0.1) is 0 Å². The number of hydrogen-bond acceptors (Lipinski definition) is 10. The molecule has 0 bridgehead atoms. The van der Waals surface area contributed by atoms with Crippen LogP contribution < -0.4 is 11.1 Å². The number of amides is 2. The van der Waals surface area contributed by atoms with Crippen molar-refractivity contribution in [1.82, 2.24) is 10.2 Å². The van der Waals surface area contributed by atoms with Gasteiger partial charge < -0.3 is 30.9 Å². The molecule has 36 heavy (non-hydrogen) atoms. The van der Waals surface area contributed by atoms with Crippen LogP contribution in [-0.4, -0.2) is 66.7 Å². The Morgan fingerprint density at radius 1 is 1.33 bits per heavy atom. The zero-order valence-electron chi connectivity index (χ0n) is 20.4. The predicted octanol–water partition coefficient (Wildman–Crippen LogP) is 1.23. The van der Waals surface area contributed by atoms with Gasteiger partial charge in [0.15, 0.2) is 0 Å². The van der Waals surface area contributed by atoms with Gasteiger partial charge in [0, 0.05) is 16.1 Å². The molecular weight excluding hydrogens is 508 g/mol. The molecule has 4 unspecified atom stereocenters. The van der Waals surface area contributed by atoms with Gasteiger partial charge in [-0.2, -0.15) is 5.26 Å². The van der Waals surface area contributed by atoms with Gasteiger partial charge in [0.1, 0.15) is 34.2 Å². The molecule has 0 spiro atoms. The number of nitrogens with two attached hydrogens (primary N) is 1. The van der Waals surface area contributed by atoms with Gasteiger partial charge in [0.25, 0.3) is 5.91 Å². The Bertz CT molecular complexity index is 1160. The van der Waals surface area contributed by atoms with E-state index < -0.39 is 57.1 Å². The van der Waals surface area contributed by atoms with Crippen LogP contribution in [0.1, 0.15) is 45.7 Å². The number of phenols is 1. The highest BCUT2D eigenvalue weighted by Gasteiger charge is 2.65. The number of hydrogen-bond donors (Lipinski definition) is 4. The average Bonchev–Trinajstić information content (AvgIpc) is 3.02. The molecule has 13 heteroatoms. The summed E-state index contributed by atoms with van der Waals surface area (Å²) in [6.07, 6.45) is 0. The fraction of sp³-hybridized carbons (Fsp3) is 0.522. The minimum Gasteiger partial charge on any atom is -0.508 e. The standard InChI is InChI=1S/C23H28N4O7S2/c1-21(2,3)34-20(33)23(25,12-6-7-13(28)11(8-12)9-35-10-24)19(32)26-14-16(29)27-15(18(30)31)22(4,5)36-17(14)27/h6-8,14-15,17,28H,9,25H2,1-5H3,(H,26,32)(H,30,31). The third kappa shape index (κ3) is 4.85. The Hall–Kier alpha value is -2.95. The van der Waals surface area contributed by atoms with Crippen LogP contribution >= 0.6 is 23.5 Å². The fourth-order valence-corrected chi connectivity index (χ4v) is 6.23. The van der Waals surface area contributed by atoms with Crippen molar-refractivity contribution >= 4 is 47.3 Å². The predicted molar refractivity (Wildman–Crippen MR) is 132 cm³/mol. The van der Waals surface area contributed by atoms with E-state index in [0.717, 1.165) is 11.8 Å². The summed E-state index contributed by atoms with van der Waals surface area (Å²) >= 11 is 2.08. The molecule has 2 aliphatic heterocycles. The van der Waals surface area contributed by atoms with Gasteiger partial charge in [-0.15, -0.1) is 11.8 Å². The number of carboxylic acids is 1. The van der Waals surface area contributed by atoms with Crippen molar-refractivity contribution in [3.8, 4) is 11.2 Å². The highest BCUT2D eigenvalue weighted by Crippen LogP contribution is 2.51. The lowest BCUT2D eigenvalue weighted by atomic mass is 9.87. The van der Waals surface area contributed by atoms with E-state index in [1.54, 1.807) is 34.6 Å². The molecule has 2 fully saturated rings. The van der Waals surface area contributed by atoms with Crippen molar-refractivity contribution in [2.75, 3.05) is 0 Å². The Morgan fingerprint density at radius 3 is 2.53 bits per heavy atom. The minimum absolute atomic E-state index is 0.00737. The van der Waals surface area contributed by atoms with Gasteiger partial charge >= 0.3 is 11.9 Å². The lowest BCUT2D eigenvalue weighted by Gasteiger charge is -2.44. The van der Waals surface area contributed by atoms with Gasteiger partial charge in [-0.25, -0.2) is 9.59 Å². The van der Waals surface area contributed by atoms with Crippen LogP contribution in [0.2, 0.25) is 0 Å². The van der Waals surface area contributed by atoms with Crippen LogP contribution in [0, 0.1) is 10.7 Å². The summed E-state index contributed by atoms with van der Waals surface area (Å²) in [7, 11) is 0. The zero-order valence-corrected chi connectivity index (χ0v) is 22.0. The molecule has 194 valence electrons. The number of thioether (sulfide) groups is 2. The first kappa shape index (κ1) is 27.6. The first-order chi connectivity index (χ1) is 16.5. The lowest BCUT2D eigenvalue weighted by Crippen LogP contribution is -2.73. The molecule has 1 aromatic carbocycles. The largest absolute Gasteiger partial charge is 0.508 e. The highest BCUT2D eigenvalue weighted by molar-refractivity contribution is 8.03. The summed E-state index contributed by atoms with van der Waals surface area (Å²) in [5.74, 6) is -3.92. The van der Waals surface area contributed by atoms with Crippen molar-refractivity contribution in [3.05, 3.63) is 29.3 Å². The number of ether oxygens (including phenoxy) is 1. The number of phenolic OH excluding ortho intramolecular Hbond substituents is 1. The summed E-state index contributed by atoms with van der Waals surface area (Å²) in [4.78, 5) is 52.7. The second-order valence-corrected chi connectivity index (χ2v) is 12.6. The molecule has 5 N–H and O–H groups in total. The normalized spacial score (nSPS) is 24.1. The number of thiocyanates is 1. The van der Waals surface area contributed by atoms with Gasteiger partial charge in [-0.05, 0) is 64.1 Å². The maximum atomic E-state index is 13.6. The van der Waals surface area contributed by atoms with E-state index in [-0.39, 0.29) is 22.6 Å². The lowest BCUT2D eigenvalue weighted by molar-refractivity contribution is -0.167. The molecule has 0 saturated carbocycles. The van der Waals surface area contributed by atoms with Crippen LogP contribution in [0.25, 0.3) is 0 Å². The van der Waals surface area contributed by atoms with Crippen molar-refractivity contribution in [2.24, 2.45) is 5.73 Å². The number of rotatable bonds is 7. The second kappa shape index (κ2) is 9.49. The van der Waals surface area contributed by atoms with Gasteiger partial charge in [-0.3, -0.25) is 9.59 Å². The summed E-state index contributed by atoms with van der Waals surface area (Å²) < 4.78 is 4.63. The molecule has 2 amide bonds. The molecule has 11 nitrogen and oxygen atoms in total. The van der Waals surface area contributed by atoms with Crippen LogP contribution in [0.3, 0.4) is 0 Å². The number of fused-ring (bicyclic) bond motifs is 1. The number of nitriles is 1. The number of aromatic hydroxyl groups is 1. The fourth-order valence-electron chi connectivity index (χ4n) is 4.16. The summed E-state index contributed by atoms with van der Waals surface area (Å²) in [6, 6.07) is 1.72. The van der Waals surface area contributed by atoms with E-state index in [9.17, 15) is 29.4 Å². The monoisotopic (exact) mass is 536 g/mol. The SMILES string of the molecule is CC(C)(C)OC(=O)C(N)(C(=O)NC1C(=O)N2C1SC(C)(C)C2C(=O)O)c1ccc(O)c(CSC#N)c1. The number of nitrogens with one attached hydrogen (secondary N) is 1. The van der Waals surface area contributed by atoms with Crippen LogP contribution in [0.4, 0.5) is 0 Å². The topological polar surface area (TPSA) is 183 Å². The summed E-state index contributed by atoms with van der Waals surface area (Å²) in [6.45, 7) is 8.21. The van der Waals surface area contributed by atoms with Gasteiger partial charge in [-0.1, -0.05) is 6.07 Å². The van der Waals surface area contributed by atoms with E-state index in [1.807, 2.05) is 5.40 Å². The first-order valence-electron chi connectivity index (χ1n) is 10.9. The van der Waals surface area contributed by atoms with E-state index in [0.29, 0.717) is 0 Å². The molecule has 2 heterocycles. The van der Waals surface area contributed by atoms with Crippen molar-refractivity contribution < 1.29 is 34.1 Å². The molecule has 4 atom stereocenters. The van der Waals surface area contributed by atoms with Crippen LogP contribution in [0.15, 0.2) is 18.2 Å². The molecule has 0 aromatic heterocycles. The summed E-state index contributed by atoms with van der Waals surface area (Å²) in [5, 5.41) is 32.4. The zero-order chi connectivity index (χ0) is 27.2. The third-order valence-corrected chi connectivity index (χ3v) is 8.02. The molecule has 1 aromatic rings. The number of aliphatic carboxylic acids is 1. The smallest absolute Gasteiger partial charge is 0.341 e. The average molecular weight is 537 g/mol. The van der Waals surface area contributed by atoms with E-state index in [4.69, 9.17) is 15.7 Å². The number of carboxylic acid groups (broad SMARTS) is 1. The quantitative estimate of drug-likeness (QED) is 0.170. The number of benzene rings is 1. The number of esters is 1. The summed E-state index contributed by atoms with van der Waals surface area (Å²) in [5.41, 5.74) is 3.30. The third-order valence-electron chi connectivity index (χ3n) is 5.87. The van der Waals surface area contributed by atoms with E-state index in [1.165, 1.54) is 34.9 Å². The van der Waals surface area contributed by atoms with Crippen molar-refractivity contribution in [2.45, 2.75) is 73.7 Å². The number of carbonyl (C=O) groups is 4. The minimum atomic E-state index is -2.40. The second-order valence-electron chi connectivity index (χ2n) is 10.1. The number of nitrogens with zero attached hydrogens (tertiary/aromatic N) is 2. The van der Waals surface area contributed by atoms with Crippen molar-refractivity contribution in [1.29, 1.82) is 5.26 Å². The molecule has 2 saturated heterocycles. The molecular formula is C23H28N4O7S2.